The fourth-order valence-corrected chi connectivity index (χ4v) is 8.14. The molecule has 6 aromatic rings. The fraction of sp³-hybridized carbons (Fsp3) is 0.412. The molecular weight excluding hydrogens is 754 g/mol. The molecule has 2 aromatic carbocycles. The predicted molar refractivity (Wildman–Crippen MR) is 188 cm³/mol. The van der Waals surface area contributed by atoms with Crippen LogP contribution < -0.4 is 11.4 Å². The van der Waals surface area contributed by atoms with E-state index in [1.807, 2.05) is 9.13 Å². The van der Waals surface area contributed by atoms with Crippen LogP contribution in [0, 0.1) is 11.6 Å². The smallest absolute Gasteiger partial charge is 0.329 e. The first-order chi connectivity index (χ1) is 23.0. The van der Waals surface area contributed by atoms with Crippen LogP contribution >= 0.6 is 31.9 Å². The number of methoxy groups -OCH3 is 2. The molecule has 0 bridgehead atoms. The van der Waals surface area contributed by atoms with Gasteiger partial charge in [0.1, 0.15) is 11.6 Å². The van der Waals surface area contributed by atoms with E-state index in [0.29, 0.717) is 20.0 Å². The summed E-state index contributed by atoms with van der Waals surface area (Å²) in [6.07, 6.45) is 8.91. The molecule has 0 N–H and O–H groups in total. The molecule has 0 radical (unpaired) electrons. The Morgan fingerprint density at radius 3 is 1.44 bits per heavy atom. The number of hydrogen-bond acceptors (Lipinski definition) is 6. The topological polar surface area (TPSA) is 98.1 Å². The van der Waals surface area contributed by atoms with E-state index in [-0.39, 0.29) is 47.3 Å². The fourth-order valence-electron chi connectivity index (χ4n) is 7.45. The van der Waals surface area contributed by atoms with Crippen LogP contribution in [0.5, 0.6) is 0 Å². The van der Waals surface area contributed by atoms with Gasteiger partial charge in [-0.2, -0.15) is 0 Å². The molecule has 48 heavy (non-hydrogen) atoms. The van der Waals surface area contributed by atoms with Crippen molar-refractivity contribution in [1.29, 1.82) is 0 Å². The van der Waals surface area contributed by atoms with Crippen LogP contribution in [0.25, 0.3) is 43.9 Å². The Bertz CT molecular complexity index is 2190. The van der Waals surface area contributed by atoms with Gasteiger partial charge in [0.05, 0.1) is 66.6 Å². The van der Waals surface area contributed by atoms with Gasteiger partial charge in [-0.05, 0) is 82.5 Å². The van der Waals surface area contributed by atoms with Gasteiger partial charge in [0, 0.05) is 63.3 Å². The van der Waals surface area contributed by atoms with E-state index >= 15 is 0 Å². The Hall–Kier alpha value is -3.46. The molecule has 4 aromatic heterocycles. The van der Waals surface area contributed by atoms with E-state index < -0.39 is 0 Å². The maximum absolute atomic E-state index is 13.9. The lowest BCUT2D eigenvalue weighted by Crippen LogP contribution is -2.25. The zero-order chi connectivity index (χ0) is 34.0. The summed E-state index contributed by atoms with van der Waals surface area (Å²) < 4.78 is 46.2. The molecule has 0 amide bonds. The van der Waals surface area contributed by atoms with Crippen molar-refractivity contribution in [3.63, 3.8) is 0 Å². The van der Waals surface area contributed by atoms with Crippen molar-refractivity contribution in [1.82, 2.24) is 28.2 Å². The van der Waals surface area contributed by atoms with E-state index in [4.69, 9.17) is 9.47 Å². The summed E-state index contributed by atoms with van der Waals surface area (Å²) in [5, 5.41) is 1.55. The lowest BCUT2D eigenvalue weighted by molar-refractivity contribution is 0.105. The van der Waals surface area contributed by atoms with Crippen LogP contribution in [-0.4, -0.2) is 54.7 Å². The van der Waals surface area contributed by atoms with Crippen molar-refractivity contribution in [2.24, 2.45) is 14.1 Å². The summed E-state index contributed by atoms with van der Waals surface area (Å²) in [4.78, 5) is 34.3. The van der Waals surface area contributed by atoms with E-state index in [2.05, 4.69) is 41.8 Å². The van der Waals surface area contributed by atoms with Gasteiger partial charge in [-0.15, -0.1) is 0 Å². The average Bonchev–Trinajstić information content (AvgIpc) is 3.85. The second-order valence-corrected chi connectivity index (χ2v) is 14.3. The van der Waals surface area contributed by atoms with Gasteiger partial charge in [0.25, 0.3) is 0 Å². The number of aromatic nitrogens is 6. The highest BCUT2D eigenvalue weighted by atomic mass is 79.9. The average molecular weight is 788 g/mol. The van der Waals surface area contributed by atoms with Crippen molar-refractivity contribution >= 4 is 75.7 Å². The highest BCUT2D eigenvalue weighted by Crippen LogP contribution is 2.37. The third-order valence-electron chi connectivity index (χ3n) is 10.0. The quantitative estimate of drug-likeness (QED) is 0.190. The minimum absolute atomic E-state index is 0.0681. The van der Waals surface area contributed by atoms with Crippen LogP contribution in [0.1, 0.15) is 50.6 Å². The van der Waals surface area contributed by atoms with Gasteiger partial charge in [0.2, 0.25) is 0 Å². The number of aryl methyl sites for hydroxylation is 2. The Kier molecular flexibility index (Phi) is 8.80. The van der Waals surface area contributed by atoms with Gasteiger partial charge in [-0.25, -0.2) is 18.4 Å². The first kappa shape index (κ1) is 33.1. The minimum atomic E-state index is -0.362. The lowest BCUT2D eigenvalue weighted by Gasteiger charge is -2.13. The second-order valence-electron chi connectivity index (χ2n) is 12.6. The summed E-state index contributed by atoms with van der Waals surface area (Å²) in [5.41, 5.74) is 4.10. The molecule has 2 saturated carbocycles. The summed E-state index contributed by atoms with van der Waals surface area (Å²) in [6, 6.07) is 6.37. The van der Waals surface area contributed by atoms with E-state index in [9.17, 15) is 18.4 Å². The number of hydrogen-bond donors (Lipinski definition) is 0. The highest BCUT2D eigenvalue weighted by Gasteiger charge is 2.31. The number of rotatable bonds is 4. The van der Waals surface area contributed by atoms with E-state index in [1.165, 1.54) is 12.1 Å². The molecule has 252 valence electrons. The van der Waals surface area contributed by atoms with E-state index in [1.54, 1.807) is 62.0 Å². The maximum Gasteiger partial charge on any atom is 0.329 e. The Labute approximate surface area is 290 Å². The largest absolute Gasteiger partial charge is 0.381 e. The SMILES string of the molecule is CO[C@@H]1CC[C@H](n2c(=O)n(C)c3cnc4cc(F)c(Br)cc4c32)C1.CO[C@H]1CC[C@@H](n2c(=O)n(C)c3cnc4cc(F)c(Br)cc4c32)C1. The molecule has 10 nitrogen and oxygen atoms in total. The first-order valence-corrected chi connectivity index (χ1v) is 17.4. The van der Waals surface area contributed by atoms with Crippen LogP contribution in [0.15, 0.2) is 55.2 Å². The van der Waals surface area contributed by atoms with E-state index in [0.717, 1.165) is 71.4 Å². The molecule has 0 aliphatic heterocycles. The number of halogens is 4. The van der Waals surface area contributed by atoms with Gasteiger partial charge >= 0.3 is 11.4 Å². The first-order valence-electron chi connectivity index (χ1n) is 15.8. The molecule has 14 heteroatoms. The molecule has 0 spiro atoms. The Balaban J connectivity index is 0.000000152. The van der Waals surface area contributed by atoms with Crippen LogP contribution in [0.2, 0.25) is 0 Å². The van der Waals surface area contributed by atoms with Gasteiger partial charge in [-0.3, -0.25) is 28.2 Å². The standard InChI is InChI=1S/2C17H17BrFN3O2/c2*1-21-15-8-20-14-7-13(19)12(18)6-11(14)16(15)22(17(21)23)9-3-4-10(5-9)24-2/h2*6-10H,3-5H2,1-2H3/t2*9-,10+/m10/s1. The van der Waals surface area contributed by atoms with Crippen molar-refractivity contribution in [2.75, 3.05) is 14.2 Å². The predicted octanol–water partition coefficient (Wildman–Crippen LogP) is 7.06. The zero-order valence-electron chi connectivity index (χ0n) is 26.8. The molecule has 2 aliphatic carbocycles. The van der Waals surface area contributed by atoms with Crippen molar-refractivity contribution in [2.45, 2.75) is 62.8 Å². The molecule has 0 saturated heterocycles. The highest BCUT2D eigenvalue weighted by molar-refractivity contribution is 9.10. The zero-order valence-corrected chi connectivity index (χ0v) is 30.0. The summed E-state index contributed by atoms with van der Waals surface area (Å²) >= 11 is 6.48. The molecular formula is C34H34Br2F2N6O4. The van der Waals surface area contributed by atoms with Crippen molar-refractivity contribution < 1.29 is 18.3 Å². The third kappa shape index (κ3) is 5.40. The Morgan fingerprint density at radius 1 is 0.688 bits per heavy atom. The number of benzene rings is 2. The van der Waals surface area contributed by atoms with Crippen LogP contribution in [0.4, 0.5) is 8.78 Å². The molecule has 0 unspecified atom stereocenters. The number of fused-ring (bicyclic) bond motifs is 6. The number of pyridine rings is 2. The molecule has 4 atom stereocenters. The normalized spacial score (nSPS) is 21.2. The van der Waals surface area contributed by atoms with Gasteiger partial charge in [0.15, 0.2) is 0 Å². The molecule has 8 rings (SSSR count). The minimum Gasteiger partial charge on any atom is -0.381 e. The van der Waals surface area contributed by atoms with Crippen molar-refractivity contribution in [3.8, 4) is 0 Å². The van der Waals surface area contributed by atoms with Crippen LogP contribution in [0.3, 0.4) is 0 Å². The molecule has 2 aliphatic rings. The summed E-state index contributed by atoms with van der Waals surface area (Å²) in [5.74, 6) is -0.723. The second kappa shape index (κ2) is 12.8. The van der Waals surface area contributed by atoms with Crippen molar-refractivity contribution in [3.05, 3.63) is 78.2 Å². The number of imidazole rings is 2. The Morgan fingerprint density at radius 2 is 1.08 bits per heavy atom. The molecule has 2 fully saturated rings. The summed E-state index contributed by atoms with van der Waals surface area (Å²) in [6.45, 7) is 0. The van der Waals surface area contributed by atoms with Crippen LogP contribution in [-0.2, 0) is 23.6 Å². The maximum atomic E-state index is 13.9. The lowest BCUT2D eigenvalue weighted by atomic mass is 10.1. The monoisotopic (exact) mass is 786 g/mol. The summed E-state index contributed by atoms with van der Waals surface area (Å²) in [7, 11) is 6.91. The molecule has 4 heterocycles. The number of nitrogens with zero attached hydrogens (tertiary/aromatic N) is 6. The number of ether oxygens (including phenoxy) is 2. The van der Waals surface area contributed by atoms with Gasteiger partial charge in [-0.1, -0.05) is 0 Å². The van der Waals surface area contributed by atoms with Gasteiger partial charge < -0.3 is 9.47 Å². The third-order valence-corrected chi connectivity index (χ3v) is 11.2.